The van der Waals surface area contributed by atoms with E-state index in [4.69, 9.17) is 4.74 Å². The van der Waals surface area contributed by atoms with Crippen molar-refractivity contribution >= 4 is 11.8 Å². The van der Waals surface area contributed by atoms with E-state index in [9.17, 15) is 9.59 Å². The van der Waals surface area contributed by atoms with Crippen LogP contribution in [-0.2, 0) is 16.6 Å². The van der Waals surface area contributed by atoms with Crippen LogP contribution in [0.4, 0.5) is 0 Å². The van der Waals surface area contributed by atoms with Gasteiger partial charge in [-0.2, -0.15) is 5.10 Å². The van der Waals surface area contributed by atoms with Crippen LogP contribution in [-0.4, -0.2) is 28.1 Å². The summed E-state index contributed by atoms with van der Waals surface area (Å²) in [4.78, 5) is 23.4. The first-order valence-electron chi connectivity index (χ1n) is 5.30. The largest absolute Gasteiger partial charge is 0.465 e. The number of ketones is 1. The highest BCUT2D eigenvalue weighted by Crippen LogP contribution is 2.12. The van der Waals surface area contributed by atoms with Gasteiger partial charge in [0.25, 0.3) is 0 Å². The van der Waals surface area contributed by atoms with E-state index in [1.54, 1.807) is 33.2 Å². The third kappa shape index (κ3) is 2.68. The first-order valence-corrected chi connectivity index (χ1v) is 5.30. The maximum Gasteiger partial charge on any atom is 0.316 e. The maximum atomic E-state index is 11.9. The SMILES string of the molecule is CCOC(=O)C(CC)C(=O)c1ccn(C)n1. The van der Waals surface area contributed by atoms with Gasteiger partial charge in [0, 0.05) is 13.2 Å². The Morgan fingerprint density at radius 3 is 2.62 bits per heavy atom. The zero-order valence-corrected chi connectivity index (χ0v) is 9.77. The molecular weight excluding hydrogens is 208 g/mol. The summed E-state index contributed by atoms with van der Waals surface area (Å²) >= 11 is 0. The molecule has 0 spiro atoms. The summed E-state index contributed by atoms with van der Waals surface area (Å²) in [5.74, 6) is -1.49. The van der Waals surface area contributed by atoms with Crippen molar-refractivity contribution < 1.29 is 14.3 Å². The fraction of sp³-hybridized carbons (Fsp3) is 0.545. The Hall–Kier alpha value is -1.65. The number of carbonyl (C=O) groups is 2. The van der Waals surface area contributed by atoms with Crippen LogP contribution in [0.3, 0.4) is 0 Å². The molecule has 0 N–H and O–H groups in total. The number of carbonyl (C=O) groups excluding carboxylic acids is 2. The molecule has 0 amide bonds. The van der Waals surface area contributed by atoms with Crippen molar-refractivity contribution in [1.29, 1.82) is 0 Å². The number of Topliss-reactive ketones (excluding diaryl/α,β-unsaturated/α-hetero) is 1. The average molecular weight is 224 g/mol. The minimum atomic E-state index is -0.741. The molecule has 16 heavy (non-hydrogen) atoms. The predicted molar refractivity (Wildman–Crippen MR) is 58.0 cm³/mol. The normalized spacial score (nSPS) is 12.2. The number of hydrogen-bond donors (Lipinski definition) is 0. The molecule has 0 bridgehead atoms. The van der Waals surface area contributed by atoms with Crippen LogP contribution in [0.5, 0.6) is 0 Å². The van der Waals surface area contributed by atoms with Gasteiger partial charge < -0.3 is 4.74 Å². The lowest BCUT2D eigenvalue weighted by Gasteiger charge is -2.10. The Kier molecular flexibility index (Phi) is 4.22. The van der Waals surface area contributed by atoms with Gasteiger partial charge in [-0.15, -0.1) is 0 Å². The Labute approximate surface area is 94.4 Å². The molecule has 1 rings (SSSR count). The molecular formula is C11H16N2O3. The highest BCUT2D eigenvalue weighted by Gasteiger charge is 2.28. The number of nitrogens with zero attached hydrogens (tertiary/aromatic N) is 2. The Morgan fingerprint density at radius 2 is 2.19 bits per heavy atom. The van der Waals surface area contributed by atoms with Gasteiger partial charge >= 0.3 is 5.97 Å². The molecule has 0 saturated heterocycles. The maximum absolute atomic E-state index is 11.9. The summed E-state index contributed by atoms with van der Waals surface area (Å²) in [6, 6.07) is 1.60. The fourth-order valence-electron chi connectivity index (χ4n) is 1.43. The van der Waals surface area contributed by atoms with Gasteiger partial charge in [0.05, 0.1) is 6.61 Å². The van der Waals surface area contributed by atoms with Crippen molar-refractivity contribution in [2.45, 2.75) is 20.3 Å². The van der Waals surface area contributed by atoms with E-state index in [2.05, 4.69) is 5.10 Å². The van der Waals surface area contributed by atoms with E-state index in [1.807, 2.05) is 0 Å². The first-order chi connectivity index (χ1) is 7.60. The van der Waals surface area contributed by atoms with Crippen LogP contribution in [0.2, 0.25) is 0 Å². The number of rotatable bonds is 5. The molecule has 0 saturated carbocycles. The van der Waals surface area contributed by atoms with Crippen molar-refractivity contribution in [3.63, 3.8) is 0 Å². The molecule has 0 radical (unpaired) electrons. The van der Waals surface area contributed by atoms with Gasteiger partial charge in [-0.3, -0.25) is 14.3 Å². The van der Waals surface area contributed by atoms with E-state index in [1.165, 1.54) is 4.68 Å². The molecule has 1 unspecified atom stereocenters. The topological polar surface area (TPSA) is 61.2 Å². The van der Waals surface area contributed by atoms with Crippen LogP contribution in [0, 0.1) is 5.92 Å². The summed E-state index contributed by atoms with van der Waals surface area (Å²) < 4.78 is 6.38. The van der Waals surface area contributed by atoms with Crippen molar-refractivity contribution in [3.8, 4) is 0 Å². The standard InChI is InChI=1S/C11H16N2O3/c1-4-8(11(15)16-5-2)10(14)9-6-7-13(3)12-9/h6-8H,4-5H2,1-3H3. The Bertz CT molecular complexity index is 384. The molecule has 1 aromatic heterocycles. The Morgan fingerprint density at radius 1 is 1.50 bits per heavy atom. The van der Waals surface area contributed by atoms with E-state index >= 15 is 0 Å². The van der Waals surface area contributed by atoms with Gasteiger partial charge in [-0.05, 0) is 19.4 Å². The molecule has 0 aliphatic rings. The van der Waals surface area contributed by atoms with E-state index in [0.29, 0.717) is 12.1 Å². The zero-order chi connectivity index (χ0) is 12.1. The van der Waals surface area contributed by atoms with Gasteiger partial charge in [-0.1, -0.05) is 6.92 Å². The zero-order valence-electron chi connectivity index (χ0n) is 9.77. The lowest BCUT2D eigenvalue weighted by atomic mass is 9.99. The number of aromatic nitrogens is 2. The summed E-state index contributed by atoms with van der Waals surface area (Å²) in [6.45, 7) is 3.78. The summed E-state index contributed by atoms with van der Waals surface area (Å²) in [6.07, 6.45) is 2.10. The summed E-state index contributed by atoms with van der Waals surface area (Å²) in [5, 5.41) is 3.98. The Balaban J connectivity index is 2.81. The second kappa shape index (κ2) is 5.44. The lowest BCUT2D eigenvalue weighted by molar-refractivity contribution is -0.146. The molecule has 1 heterocycles. The quantitative estimate of drug-likeness (QED) is 0.428. The second-order valence-electron chi connectivity index (χ2n) is 3.45. The third-order valence-corrected chi connectivity index (χ3v) is 2.26. The van der Waals surface area contributed by atoms with Crippen LogP contribution >= 0.6 is 0 Å². The van der Waals surface area contributed by atoms with Gasteiger partial charge in [0.2, 0.25) is 0 Å². The molecule has 5 heteroatoms. The molecule has 1 atom stereocenters. The molecule has 1 aromatic rings. The molecule has 5 nitrogen and oxygen atoms in total. The molecule has 0 aliphatic carbocycles. The minimum Gasteiger partial charge on any atom is -0.465 e. The average Bonchev–Trinajstić information content (AvgIpc) is 2.66. The highest BCUT2D eigenvalue weighted by atomic mass is 16.5. The summed E-state index contributed by atoms with van der Waals surface area (Å²) in [5.41, 5.74) is 0.308. The molecule has 0 fully saturated rings. The molecule has 88 valence electrons. The predicted octanol–water partition coefficient (Wildman–Crippen LogP) is 1.19. The van der Waals surface area contributed by atoms with E-state index < -0.39 is 11.9 Å². The smallest absolute Gasteiger partial charge is 0.316 e. The van der Waals surface area contributed by atoms with Gasteiger partial charge in [-0.25, -0.2) is 0 Å². The fourth-order valence-corrected chi connectivity index (χ4v) is 1.43. The van der Waals surface area contributed by atoms with Crippen LogP contribution in [0.1, 0.15) is 30.8 Å². The number of aryl methyl sites for hydroxylation is 1. The lowest BCUT2D eigenvalue weighted by Crippen LogP contribution is -2.26. The van der Waals surface area contributed by atoms with Crippen molar-refractivity contribution in [1.82, 2.24) is 9.78 Å². The molecule has 0 aliphatic heterocycles. The van der Waals surface area contributed by atoms with E-state index in [0.717, 1.165) is 0 Å². The number of hydrogen-bond acceptors (Lipinski definition) is 4. The van der Waals surface area contributed by atoms with Gasteiger partial charge in [0.1, 0.15) is 11.6 Å². The minimum absolute atomic E-state index is 0.276. The van der Waals surface area contributed by atoms with Crippen LogP contribution in [0.15, 0.2) is 12.3 Å². The van der Waals surface area contributed by atoms with Gasteiger partial charge in [0.15, 0.2) is 5.78 Å². The third-order valence-electron chi connectivity index (χ3n) is 2.26. The van der Waals surface area contributed by atoms with Crippen molar-refractivity contribution in [3.05, 3.63) is 18.0 Å². The summed E-state index contributed by atoms with van der Waals surface area (Å²) in [7, 11) is 1.72. The number of ether oxygens (including phenoxy) is 1. The van der Waals surface area contributed by atoms with Crippen molar-refractivity contribution in [2.75, 3.05) is 6.61 Å². The molecule has 0 aromatic carbocycles. The number of esters is 1. The first kappa shape index (κ1) is 12.4. The van der Waals surface area contributed by atoms with Crippen LogP contribution < -0.4 is 0 Å². The van der Waals surface area contributed by atoms with Crippen LogP contribution in [0.25, 0.3) is 0 Å². The van der Waals surface area contributed by atoms with E-state index in [-0.39, 0.29) is 12.4 Å². The highest BCUT2D eigenvalue weighted by molar-refractivity contribution is 6.07. The monoisotopic (exact) mass is 224 g/mol. The second-order valence-corrected chi connectivity index (χ2v) is 3.45. The van der Waals surface area contributed by atoms with Crippen molar-refractivity contribution in [2.24, 2.45) is 13.0 Å².